The van der Waals surface area contributed by atoms with Crippen LogP contribution in [0.1, 0.15) is 25.7 Å². The third-order valence-electron chi connectivity index (χ3n) is 3.74. The van der Waals surface area contributed by atoms with Crippen LogP contribution in [0.2, 0.25) is 0 Å². The SMILES string of the molecule is FC(F)(F)C1CCCN(C2CCNCC2)C1. The highest BCUT2D eigenvalue weighted by Gasteiger charge is 2.42. The third-order valence-corrected chi connectivity index (χ3v) is 3.74. The van der Waals surface area contributed by atoms with Gasteiger partial charge in [-0.2, -0.15) is 13.2 Å². The Morgan fingerprint density at radius 1 is 1.06 bits per heavy atom. The van der Waals surface area contributed by atoms with E-state index in [4.69, 9.17) is 0 Å². The van der Waals surface area contributed by atoms with Gasteiger partial charge < -0.3 is 5.32 Å². The molecule has 2 fully saturated rings. The summed E-state index contributed by atoms with van der Waals surface area (Å²) in [4.78, 5) is 2.06. The Kier molecular flexibility index (Phi) is 3.74. The minimum absolute atomic E-state index is 0.216. The van der Waals surface area contributed by atoms with Gasteiger partial charge in [0.25, 0.3) is 0 Å². The third kappa shape index (κ3) is 2.88. The molecule has 2 heterocycles. The number of piperidine rings is 2. The normalized spacial score (nSPS) is 30.6. The monoisotopic (exact) mass is 236 g/mol. The molecular formula is C11H19F3N2. The number of nitrogens with one attached hydrogen (secondary N) is 1. The standard InChI is InChI=1S/C11H19F3N2/c12-11(13,14)9-2-1-7-16(8-9)10-3-5-15-6-4-10/h9-10,15H,1-8H2. The van der Waals surface area contributed by atoms with Crippen molar-refractivity contribution in [2.45, 2.75) is 37.9 Å². The van der Waals surface area contributed by atoms with E-state index in [-0.39, 0.29) is 6.54 Å². The molecule has 94 valence electrons. The second-order valence-electron chi connectivity index (χ2n) is 4.86. The minimum Gasteiger partial charge on any atom is -0.317 e. The quantitative estimate of drug-likeness (QED) is 0.749. The van der Waals surface area contributed by atoms with Crippen LogP contribution in [0.4, 0.5) is 13.2 Å². The molecule has 0 aromatic carbocycles. The van der Waals surface area contributed by atoms with Gasteiger partial charge in [0.05, 0.1) is 5.92 Å². The van der Waals surface area contributed by atoms with Gasteiger partial charge in [0.15, 0.2) is 0 Å². The van der Waals surface area contributed by atoms with Gasteiger partial charge in [-0.15, -0.1) is 0 Å². The maximum atomic E-state index is 12.6. The number of rotatable bonds is 1. The van der Waals surface area contributed by atoms with E-state index in [0.717, 1.165) is 32.5 Å². The molecule has 2 rings (SSSR count). The van der Waals surface area contributed by atoms with Crippen LogP contribution in [0, 0.1) is 5.92 Å². The molecule has 1 N–H and O–H groups in total. The molecule has 2 aliphatic heterocycles. The molecule has 0 amide bonds. The fourth-order valence-electron chi connectivity index (χ4n) is 2.78. The van der Waals surface area contributed by atoms with E-state index in [9.17, 15) is 13.2 Å². The van der Waals surface area contributed by atoms with Crippen molar-refractivity contribution in [1.29, 1.82) is 0 Å². The van der Waals surface area contributed by atoms with E-state index < -0.39 is 12.1 Å². The first-order chi connectivity index (χ1) is 7.57. The summed E-state index contributed by atoms with van der Waals surface area (Å²) >= 11 is 0. The largest absolute Gasteiger partial charge is 0.393 e. The van der Waals surface area contributed by atoms with Crippen molar-refractivity contribution in [3.8, 4) is 0 Å². The van der Waals surface area contributed by atoms with Crippen molar-refractivity contribution in [2.75, 3.05) is 26.2 Å². The van der Waals surface area contributed by atoms with E-state index in [0.29, 0.717) is 18.9 Å². The lowest BCUT2D eigenvalue weighted by Gasteiger charge is -2.40. The molecule has 2 aliphatic rings. The minimum atomic E-state index is -4.01. The van der Waals surface area contributed by atoms with Crippen molar-refractivity contribution in [2.24, 2.45) is 5.92 Å². The van der Waals surface area contributed by atoms with Crippen molar-refractivity contribution < 1.29 is 13.2 Å². The van der Waals surface area contributed by atoms with E-state index in [2.05, 4.69) is 10.2 Å². The Morgan fingerprint density at radius 2 is 1.75 bits per heavy atom. The van der Waals surface area contributed by atoms with Crippen LogP contribution in [0.3, 0.4) is 0 Å². The fourth-order valence-corrected chi connectivity index (χ4v) is 2.78. The molecular weight excluding hydrogens is 217 g/mol. The molecule has 16 heavy (non-hydrogen) atoms. The van der Waals surface area contributed by atoms with Crippen LogP contribution in [0.15, 0.2) is 0 Å². The van der Waals surface area contributed by atoms with Gasteiger partial charge in [0, 0.05) is 12.6 Å². The number of likely N-dealkylation sites (tertiary alicyclic amines) is 1. The molecule has 1 atom stereocenters. The number of nitrogens with zero attached hydrogens (tertiary/aromatic N) is 1. The van der Waals surface area contributed by atoms with E-state index in [1.165, 1.54) is 0 Å². The lowest BCUT2D eigenvalue weighted by Crippen LogP contribution is -2.49. The van der Waals surface area contributed by atoms with Crippen LogP contribution in [-0.4, -0.2) is 43.3 Å². The first-order valence-electron chi connectivity index (χ1n) is 6.09. The molecule has 0 spiro atoms. The fraction of sp³-hybridized carbons (Fsp3) is 1.00. The van der Waals surface area contributed by atoms with Gasteiger partial charge >= 0.3 is 6.18 Å². The van der Waals surface area contributed by atoms with Gasteiger partial charge in [0.2, 0.25) is 0 Å². The molecule has 1 unspecified atom stereocenters. The highest BCUT2D eigenvalue weighted by Crippen LogP contribution is 2.34. The molecule has 0 aromatic rings. The highest BCUT2D eigenvalue weighted by atomic mass is 19.4. The van der Waals surface area contributed by atoms with Gasteiger partial charge in [-0.05, 0) is 45.3 Å². The summed E-state index contributed by atoms with van der Waals surface area (Å²) in [5.41, 5.74) is 0. The predicted octanol–water partition coefficient (Wildman–Crippen LogP) is 2.01. The summed E-state index contributed by atoms with van der Waals surface area (Å²) in [7, 11) is 0. The molecule has 2 nitrogen and oxygen atoms in total. The second kappa shape index (κ2) is 4.92. The number of alkyl halides is 3. The zero-order valence-corrected chi connectivity index (χ0v) is 9.39. The summed E-state index contributed by atoms with van der Waals surface area (Å²) < 4.78 is 37.9. The molecule has 5 heteroatoms. The van der Waals surface area contributed by atoms with Crippen LogP contribution in [0.25, 0.3) is 0 Å². The van der Waals surface area contributed by atoms with Crippen molar-refractivity contribution >= 4 is 0 Å². The van der Waals surface area contributed by atoms with E-state index in [1.54, 1.807) is 0 Å². The average molecular weight is 236 g/mol. The van der Waals surface area contributed by atoms with Crippen molar-refractivity contribution in [3.05, 3.63) is 0 Å². The first kappa shape index (κ1) is 12.2. The Morgan fingerprint density at radius 3 is 2.38 bits per heavy atom. The molecule has 0 aliphatic carbocycles. The van der Waals surface area contributed by atoms with Crippen LogP contribution < -0.4 is 5.32 Å². The summed E-state index contributed by atoms with van der Waals surface area (Å²) in [6.45, 7) is 2.95. The van der Waals surface area contributed by atoms with Crippen LogP contribution >= 0.6 is 0 Å². The molecule has 0 bridgehead atoms. The zero-order chi connectivity index (χ0) is 11.6. The average Bonchev–Trinajstić information content (AvgIpc) is 2.29. The lowest BCUT2D eigenvalue weighted by molar-refractivity contribution is -0.188. The van der Waals surface area contributed by atoms with Crippen molar-refractivity contribution in [3.63, 3.8) is 0 Å². The van der Waals surface area contributed by atoms with Gasteiger partial charge in [0.1, 0.15) is 0 Å². The molecule has 0 saturated carbocycles. The smallest absolute Gasteiger partial charge is 0.317 e. The van der Waals surface area contributed by atoms with E-state index in [1.807, 2.05) is 0 Å². The maximum absolute atomic E-state index is 12.6. The van der Waals surface area contributed by atoms with Gasteiger partial charge in [-0.1, -0.05) is 0 Å². The van der Waals surface area contributed by atoms with Crippen LogP contribution in [-0.2, 0) is 0 Å². The zero-order valence-electron chi connectivity index (χ0n) is 9.39. The van der Waals surface area contributed by atoms with Gasteiger partial charge in [-0.25, -0.2) is 0 Å². The maximum Gasteiger partial charge on any atom is 0.393 e. The Labute approximate surface area is 94.2 Å². The summed E-state index contributed by atoms with van der Waals surface area (Å²) in [5, 5.41) is 3.25. The predicted molar refractivity (Wildman–Crippen MR) is 56.2 cm³/mol. The Balaban J connectivity index is 1.90. The summed E-state index contributed by atoms with van der Waals surface area (Å²) in [6, 6.07) is 0.367. The molecule has 0 radical (unpaired) electrons. The van der Waals surface area contributed by atoms with Crippen LogP contribution in [0.5, 0.6) is 0 Å². The summed E-state index contributed by atoms with van der Waals surface area (Å²) in [6.07, 6.45) is -1.03. The van der Waals surface area contributed by atoms with E-state index >= 15 is 0 Å². The number of hydrogen-bond acceptors (Lipinski definition) is 2. The lowest BCUT2D eigenvalue weighted by atomic mass is 9.94. The topological polar surface area (TPSA) is 15.3 Å². The highest BCUT2D eigenvalue weighted by molar-refractivity contribution is 4.84. The number of hydrogen-bond donors (Lipinski definition) is 1. The number of halogens is 3. The Hall–Kier alpha value is -0.290. The van der Waals surface area contributed by atoms with Gasteiger partial charge in [-0.3, -0.25) is 4.90 Å². The van der Waals surface area contributed by atoms with Crippen molar-refractivity contribution in [1.82, 2.24) is 10.2 Å². The second-order valence-corrected chi connectivity index (χ2v) is 4.86. The summed E-state index contributed by atoms with van der Waals surface area (Å²) in [5.74, 6) is -1.10. The Bertz CT molecular complexity index is 224. The molecule has 2 saturated heterocycles. The molecule has 0 aromatic heterocycles. The first-order valence-corrected chi connectivity index (χ1v) is 6.09.